The molecule has 2 unspecified atom stereocenters. The molecular formula is C80H152O17P2. The summed E-state index contributed by atoms with van der Waals surface area (Å²) in [6.07, 6.45) is 66.2. The summed E-state index contributed by atoms with van der Waals surface area (Å²) in [5.74, 6) is -1.46. The molecule has 0 saturated heterocycles. The van der Waals surface area contributed by atoms with Crippen molar-refractivity contribution in [2.75, 3.05) is 39.6 Å². The molecule has 584 valence electrons. The van der Waals surface area contributed by atoms with Gasteiger partial charge in [0.2, 0.25) is 0 Å². The van der Waals surface area contributed by atoms with E-state index in [0.717, 1.165) is 116 Å². The van der Waals surface area contributed by atoms with E-state index in [1.54, 1.807) is 0 Å². The molecule has 0 bridgehead atoms. The SMILES string of the molecule is CCCCCC/C=C\C=C/CCCCCCCC(=O)OC[C@H](COP(=O)(O)OC[C@@H](O)COP(=O)(O)OC[C@@H](COC(=O)CCCCCCCCC(C)C)OC(=O)CCCCCCCCCCCCCCCC)OC(=O)CCCCCCCCCCCCCCCCCCCCCCC. The largest absolute Gasteiger partial charge is 0.472 e. The molecule has 0 aliphatic rings. The van der Waals surface area contributed by atoms with Crippen molar-refractivity contribution in [2.45, 2.75) is 419 Å². The van der Waals surface area contributed by atoms with Crippen LogP contribution in [0.4, 0.5) is 0 Å². The van der Waals surface area contributed by atoms with E-state index in [0.29, 0.717) is 31.6 Å². The lowest BCUT2D eigenvalue weighted by Crippen LogP contribution is -2.30. The van der Waals surface area contributed by atoms with E-state index in [2.05, 4.69) is 58.9 Å². The van der Waals surface area contributed by atoms with Gasteiger partial charge in [0.05, 0.1) is 26.4 Å². The molecule has 3 N–H and O–H groups in total. The average molecular weight is 1450 g/mol. The van der Waals surface area contributed by atoms with Gasteiger partial charge in [-0.3, -0.25) is 37.3 Å². The van der Waals surface area contributed by atoms with Crippen molar-refractivity contribution >= 4 is 39.5 Å². The number of phosphoric ester groups is 2. The molecule has 0 spiro atoms. The molecule has 0 radical (unpaired) electrons. The Morgan fingerprint density at radius 1 is 0.313 bits per heavy atom. The number of unbranched alkanes of at least 4 members (excludes halogenated alkanes) is 47. The molecule has 5 atom stereocenters. The number of esters is 4. The number of rotatable bonds is 78. The lowest BCUT2D eigenvalue weighted by molar-refractivity contribution is -0.161. The molecule has 0 heterocycles. The van der Waals surface area contributed by atoms with Gasteiger partial charge in [-0.05, 0) is 57.3 Å². The van der Waals surface area contributed by atoms with Crippen LogP contribution in [0.2, 0.25) is 0 Å². The number of aliphatic hydroxyl groups excluding tert-OH is 1. The number of carbonyl (C=O) groups excluding carboxylic acids is 4. The fourth-order valence-electron chi connectivity index (χ4n) is 11.9. The third-order valence-electron chi connectivity index (χ3n) is 18.2. The van der Waals surface area contributed by atoms with Gasteiger partial charge < -0.3 is 33.8 Å². The van der Waals surface area contributed by atoms with Crippen LogP contribution in [0.15, 0.2) is 24.3 Å². The minimum atomic E-state index is -4.97. The summed E-state index contributed by atoms with van der Waals surface area (Å²) in [6.45, 7) is 7.17. The van der Waals surface area contributed by atoms with Crippen molar-refractivity contribution in [1.29, 1.82) is 0 Å². The second kappa shape index (κ2) is 72.5. The van der Waals surface area contributed by atoms with E-state index in [-0.39, 0.29) is 25.7 Å². The van der Waals surface area contributed by atoms with E-state index in [4.69, 9.17) is 37.0 Å². The minimum absolute atomic E-state index is 0.102. The fourth-order valence-corrected chi connectivity index (χ4v) is 13.4. The van der Waals surface area contributed by atoms with Crippen molar-refractivity contribution in [1.82, 2.24) is 0 Å². The van der Waals surface area contributed by atoms with E-state index >= 15 is 0 Å². The van der Waals surface area contributed by atoms with Crippen LogP contribution in [-0.2, 0) is 65.4 Å². The van der Waals surface area contributed by atoms with Crippen LogP contribution in [-0.4, -0.2) is 96.7 Å². The summed E-state index contributed by atoms with van der Waals surface area (Å²) < 4.78 is 68.6. The first-order valence-corrected chi connectivity index (χ1v) is 43.9. The number of carbonyl (C=O) groups is 4. The summed E-state index contributed by atoms with van der Waals surface area (Å²) in [5, 5.41) is 10.6. The molecule has 0 rings (SSSR count). The monoisotopic (exact) mass is 1450 g/mol. The Morgan fingerprint density at radius 3 is 0.828 bits per heavy atom. The van der Waals surface area contributed by atoms with Gasteiger partial charge in [0.1, 0.15) is 19.3 Å². The Balaban J connectivity index is 5.23. The molecule has 0 aliphatic carbocycles. The molecule has 0 amide bonds. The predicted octanol–water partition coefficient (Wildman–Crippen LogP) is 23.6. The maximum Gasteiger partial charge on any atom is 0.472 e. The first kappa shape index (κ1) is 96.5. The molecule has 0 saturated carbocycles. The van der Waals surface area contributed by atoms with Gasteiger partial charge in [0.15, 0.2) is 12.2 Å². The highest BCUT2D eigenvalue weighted by molar-refractivity contribution is 7.47. The van der Waals surface area contributed by atoms with Crippen molar-refractivity contribution < 1.29 is 80.2 Å². The Kier molecular flexibility index (Phi) is 70.7. The summed E-state index contributed by atoms with van der Waals surface area (Å²) in [6, 6.07) is 0. The number of aliphatic hydroxyl groups is 1. The predicted molar refractivity (Wildman–Crippen MR) is 404 cm³/mol. The molecule has 19 heteroatoms. The van der Waals surface area contributed by atoms with Gasteiger partial charge in [0.25, 0.3) is 0 Å². The normalized spacial score (nSPS) is 14.0. The molecule has 0 aromatic heterocycles. The Labute approximate surface area is 605 Å². The van der Waals surface area contributed by atoms with Gasteiger partial charge >= 0.3 is 39.5 Å². The van der Waals surface area contributed by atoms with Crippen LogP contribution in [0.5, 0.6) is 0 Å². The van der Waals surface area contributed by atoms with Crippen molar-refractivity contribution in [3.05, 3.63) is 24.3 Å². The van der Waals surface area contributed by atoms with Crippen LogP contribution in [0, 0.1) is 5.92 Å². The lowest BCUT2D eigenvalue weighted by atomic mass is 10.0. The zero-order chi connectivity index (χ0) is 72.7. The van der Waals surface area contributed by atoms with E-state index in [1.807, 2.05) is 0 Å². The second-order valence-electron chi connectivity index (χ2n) is 28.6. The topological polar surface area (TPSA) is 237 Å². The smallest absolute Gasteiger partial charge is 0.462 e. The standard InChI is InChI=1S/C80H152O17P2/c1-6-9-12-15-18-21-24-27-30-31-32-33-34-35-37-40-43-46-49-56-61-66-79(84)96-75(69-90-77(82)63-58-53-47-44-41-39-36-28-25-22-19-16-13-10-7-2)71-94-98(86,87)92-67-74(81)68-93-99(88,89)95-72-76(70-91-78(83)64-59-54-51-50-52-57-62-73(4)5)97-80(85)65-60-55-48-45-42-38-29-26-23-20-17-14-11-8-3/h22,25,28,36,73-76,81H,6-21,23-24,26-27,29-35,37-72H2,1-5H3,(H,86,87)(H,88,89)/b25-22-,36-28-/t74-,75-,76-/m1/s1. The molecule has 0 fully saturated rings. The zero-order valence-corrected chi connectivity index (χ0v) is 65.9. The third kappa shape index (κ3) is 73.6. The fraction of sp³-hybridized carbons (Fsp3) is 0.900. The van der Waals surface area contributed by atoms with Gasteiger partial charge in [0, 0.05) is 25.7 Å². The summed E-state index contributed by atoms with van der Waals surface area (Å²) in [7, 11) is -9.93. The van der Waals surface area contributed by atoms with Crippen molar-refractivity contribution in [2.24, 2.45) is 5.92 Å². The molecule has 0 aromatic rings. The van der Waals surface area contributed by atoms with Gasteiger partial charge in [-0.1, -0.05) is 348 Å². The maximum absolute atomic E-state index is 13.1. The molecule has 0 aromatic carbocycles. The lowest BCUT2D eigenvalue weighted by Gasteiger charge is -2.21. The highest BCUT2D eigenvalue weighted by Crippen LogP contribution is 2.45. The number of hydrogen-bond donors (Lipinski definition) is 3. The Bertz CT molecular complexity index is 1990. The highest BCUT2D eigenvalue weighted by Gasteiger charge is 2.30. The number of allylic oxidation sites excluding steroid dienone is 4. The van der Waals surface area contributed by atoms with Gasteiger partial charge in [-0.15, -0.1) is 0 Å². The summed E-state index contributed by atoms with van der Waals surface area (Å²) in [5.41, 5.74) is 0. The Hall–Kier alpha value is -2.46. The average Bonchev–Trinajstić information content (AvgIpc) is 1.04. The summed E-state index contributed by atoms with van der Waals surface area (Å²) >= 11 is 0. The number of ether oxygens (including phenoxy) is 4. The Morgan fingerprint density at radius 2 is 0.545 bits per heavy atom. The van der Waals surface area contributed by atoms with E-state index in [1.165, 1.54) is 199 Å². The maximum atomic E-state index is 13.1. The van der Waals surface area contributed by atoms with Crippen molar-refractivity contribution in [3.8, 4) is 0 Å². The number of hydrogen-bond acceptors (Lipinski definition) is 15. The quantitative estimate of drug-likeness (QED) is 0.0169. The molecule has 0 aliphatic heterocycles. The van der Waals surface area contributed by atoms with Crippen LogP contribution in [0.1, 0.15) is 401 Å². The second-order valence-corrected chi connectivity index (χ2v) is 31.5. The van der Waals surface area contributed by atoms with E-state index < -0.39 is 97.5 Å². The van der Waals surface area contributed by atoms with Gasteiger partial charge in [-0.25, -0.2) is 9.13 Å². The van der Waals surface area contributed by atoms with Crippen LogP contribution >= 0.6 is 15.6 Å². The highest BCUT2D eigenvalue weighted by atomic mass is 31.2. The molecular weight excluding hydrogens is 1290 g/mol. The van der Waals surface area contributed by atoms with E-state index in [9.17, 15) is 43.2 Å². The van der Waals surface area contributed by atoms with Crippen LogP contribution in [0.25, 0.3) is 0 Å². The summed E-state index contributed by atoms with van der Waals surface area (Å²) in [4.78, 5) is 72.9. The first-order valence-electron chi connectivity index (χ1n) is 41.0. The molecule has 17 nitrogen and oxygen atoms in total. The first-order chi connectivity index (χ1) is 48.0. The third-order valence-corrected chi connectivity index (χ3v) is 20.1. The van der Waals surface area contributed by atoms with Crippen LogP contribution < -0.4 is 0 Å². The molecule has 99 heavy (non-hydrogen) atoms. The minimum Gasteiger partial charge on any atom is -0.462 e. The zero-order valence-electron chi connectivity index (χ0n) is 64.1. The number of phosphoric acid groups is 2. The van der Waals surface area contributed by atoms with Crippen LogP contribution in [0.3, 0.4) is 0 Å². The van der Waals surface area contributed by atoms with Crippen molar-refractivity contribution in [3.63, 3.8) is 0 Å². The van der Waals surface area contributed by atoms with Gasteiger partial charge in [-0.2, -0.15) is 0 Å².